The van der Waals surface area contributed by atoms with Crippen LogP contribution in [0.5, 0.6) is 0 Å². The maximum Gasteiger partial charge on any atom is 0.257 e. The van der Waals surface area contributed by atoms with Crippen molar-refractivity contribution in [3.8, 4) is 6.07 Å². The second kappa shape index (κ2) is 10.7. The molecule has 2 aliphatic rings. The first kappa shape index (κ1) is 25.0. The molecule has 2 saturated heterocycles. The van der Waals surface area contributed by atoms with Gasteiger partial charge in [0.2, 0.25) is 0 Å². The molecule has 1 aromatic carbocycles. The van der Waals surface area contributed by atoms with Gasteiger partial charge in [0.1, 0.15) is 12.2 Å². The molecule has 10 heteroatoms. The molecular formula is C25H27ClFN5O3. The lowest BCUT2D eigenvalue weighted by atomic mass is 10.0. The number of aromatic nitrogens is 1. The zero-order valence-electron chi connectivity index (χ0n) is 19.7. The topological polar surface area (TPSA) is 98.6 Å². The summed E-state index contributed by atoms with van der Waals surface area (Å²) >= 11 is 6.36. The maximum atomic E-state index is 13.9. The van der Waals surface area contributed by atoms with Crippen LogP contribution in [0.1, 0.15) is 46.9 Å². The smallest absolute Gasteiger partial charge is 0.257 e. The summed E-state index contributed by atoms with van der Waals surface area (Å²) < 4.78 is 19.5. The number of hydrogen-bond donors (Lipinski definition) is 1. The molecule has 2 fully saturated rings. The fourth-order valence-corrected chi connectivity index (χ4v) is 4.81. The minimum Gasteiger partial charge on any atom is -0.368 e. The van der Waals surface area contributed by atoms with Crippen molar-refractivity contribution in [1.82, 2.24) is 14.8 Å². The second-order valence-corrected chi connectivity index (χ2v) is 9.41. The van der Waals surface area contributed by atoms with E-state index in [-0.39, 0.29) is 29.3 Å². The van der Waals surface area contributed by atoms with E-state index in [1.807, 2.05) is 24.8 Å². The van der Waals surface area contributed by atoms with Gasteiger partial charge in [-0.25, -0.2) is 9.37 Å². The van der Waals surface area contributed by atoms with Crippen LogP contribution in [0.4, 0.5) is 10.1 Å². The third-order valence-electron chi connectivity index (χ3n) is 6.53. The number of benzene rings is 1. The van der Waals surface area contributed by atoms with E-state index < -0.39 is 11.7 Å². The summed E-state index contributed by atoms with van der Waals surface area (Å²) in [5.74, 6) is -1.32. The van der Waals surface area contributed by atoms with E-state index in [1.54, 1.807) is 12.1 Å². The van der Waals surface area contributed by atoms with Gasteiger partial charge >= 0.3 is 0 Å². The number of hydrogen-bond acceptors (Lipinski definition) is 6. The quantitative estimate of drug-likeness (QED) is 0.676. The van der Waals surface area contributed by atoms with Crippen molar-refractivity contribution >= 4 is 29.1 Å². The number of nitriles is 1. The largest absolute Gasteiger partial charge is 0.368 e. The Kier molecular flexibility index (Phi) is 7.65. The van der Waals surface area contributed by atoms with Crippen LogP contribution in [0.15, 0.2) is 24.4 Å². The number of nitrogens with zero attached hydrogens (tertiary/aromatic N) is 4. The van der Waals surface area contributed by atoms with Crippen molar-refractivity contribution in [3.63, 3.8) is 0 Å². The molecule has 4 rings (SSSR count). The molecule has 0 saturated carbocycles. The molecule has 0 radical (unpaired) electrons. The Morgan fingerprint density at radius 2 is 2.14 bits per heavy atom. The average molecular weight is 500 g/mol. The van der Waals surface area contributed by atoms with Crippen LogP contribution in [-0.2, 0) is 16.1 Å². The lowest BCUT2D eigenvalue weighted by Gasteiger charge is -2.41. The molecule has 1 N–H and O–H groups in total. The van der Waals surface area contributed by atoms with Gasteiger partial charge in [0.05, 0.1) is 5.56 Å². The first-order valence-electron chi connectivity index (χ1n) is 11.6. The van der Waals surface area contributed by atoms with Gasteiger partial charge in [0.15, 0.2) is 11.5 Å². The van der Waals surface area contributed by atoms with Crippen LogP contribution >= 0.6 is 11.6 Å². The second-order valence-electron chi connectivity index (χ2n) is 8.98. The molecular weight excluding hydrogens is 473 g/mol. The average Bonchev–Trinajstić information content (AvgIpc) is 3.37. The lowest BCUT2D eigenvalue weighted by molar-refractivity contribution is -0.145. The fourth-order valence-electron chi connectivity index (χ4n) is 4.57. The minimum atomic E-state index is -0.852. The molecule has 2 aromatic rings. The zero-order valence-corrected chi connectivity index (χ0v) is 20.4. The van der Waals surface area contributed by atoms with E-state index >= 15 is 0 Å². The predicted molar refractivity (Wildman–Crippen MR) is 128 cm³/mol. The molecule has 2 amide bonds. The number of halogens is 2. The SMILES string of the molecule is Cc1c(CN2CCN(C(=O)C3CCCO3)C(C)C2)cc(Cl)cc1NC(=O)c1cnc(C#N)c(F)c1. The van der Waals surface area contributed by atoms with E-state index in [4.69, 9.17) is 21.6 Å². The summed E-state index contributed by atoms with van der Waals surface area (Å²) in [5, 5.41) is 12.1. The Morgan fingerprint density at radius 1 is 1.34 bits per heavy atom. The van der Waals surface area contributed by atoms with Gasteiger partial charge in [0.25, 0.3) is 11.8 Å². The number of carbonyl (C=O) groups excluding carboxylic acids is 2. The normalized spacial score (nSPS) is 20.5. The van der Waals surface area contributed by atoms with Crippen molar-refractivity contribution < 1.29 is 18.7 Å². The van der Waals surface area contributed by atoms with Crippen LogP contribution in [0.25, 0.3) is 0 Å². The van der Waals surface area contributed by atoms with Gasteiger partial charge in [-0.05, 0) is 56.0 Å². The highest BCUT2D eigenvalue weighted by molar-refractivity contribution is 6.31. The van der Waals surface area contributed by atoms with Gasteiger partial charge < -0.3 is 15.0 Å². The molecule has 0 spiro atoms. The van der Waals surface area contributed by atoms with Crippen molar-refractivity contribution in [1.29, 1.82) is 5.26 Å². The van der Waals surface area contributed by atoms with E-state index in [0.717, 1.165) is 36.2 Å². The first-order chi connectivity index (χ1) is 16.8. The number of pyridine rings is 1. The first-order valence-corrected chi connectivity index (χ1v) is 11.9. The summed E-state index contributed by atoms with van der Waals surface area (Å²) in [6, 6.07) is 6.18. The highest BCUT2D eigenvalue weighted by Crippen LogP contribution is 2.28. The molecule has 0 bridgehead atoms. The lowest BCUT2D eigenvalue weighted by Crippen LogP contribution is -2.55. The number of ether oxygens (including phenoxy) is 1. The van der Waals surface area contributed by atoms with Crippen molar-refractivity contribution in [2.24, 2.45) is 0 Å². The molecule has 35 heavy (non-hydrogen) atoms. The molecule has 3 heterocycles. The van der Waals surface area contributed by atoms with Gasteiger partial charge in [-0.1, -0.05) is 11.6 Å². The Hall–Kier alpha value is -3.06. The molecule has 2 unspecified atom stereocenters. The van der Waals surface area contributed by atoms with Crippen molar-refractivity contribution in [2.45, 2.75) is 45.4 Å². The number of nitrogens with one attached hydrogen (secondary N) is 1. The van der Waals surface area contributed by atoms with E-state index in [9.17, 15) is 14.0 Å². The van der Waals surface area contributed by atoms with Crippen molar-refractivity contribution in [2.75, 3.05) is 31.6 Å². The number of amides is 2. The highest BCUT2D eigenvalue weighted by Gasteiger charge is 2.34. The summed E-state index contributed by atoms with van der Waals surface area (Å²) in [4.78, 5) is 33.3. The summed E-state index contributed by atoms with van der Waals surface area (Å²) in [6.07, 6.45) is 2.56. The molecule has 184 valence electrons. The van der Waals surface area contributed by atoms with Gasteiger partial charge in [-0.2, -0.15) is 5.26 Å². The molecule has 2 aliphatic heterocycles. The maximum absolute atomic E-state index is 13.9. The highest BCUT2D eigenvalue weighted by atomic mass is 35.5. The van der Waals surface area contributed by atoms with Crippen LogP contribution < -0.4 is 5.32 Å². The third-order valence-corrected chi connectivity index (χ3v) is 6.75. The molecule has 1 aromatic heterocycles. The monoisotopic (exact) mass is 499 g/mol. The Bertz CT molecular complexity index is 1180. The fraction of sp³-hybridized carbons (Fsp3) is 0.440. The Balaban J connectivity index is 1.43. The minimum absolute atomic E-state index is 0.00304. The van der Waals surface area contributed by atoms with E-state index in [0.29, 0.717) is 43.5 Å². The van der Waals surface area contributed by atoms with E-state index in [1.165, 1.54) is 0 Å². The number of carbonyl (C=O) groups is 2. The summed E-state index contributed by atoms with van der Waals surface area (Å²) in [5.41, 5.74) is 1.94. The Labute approximate surface area is 208 Å². The number of anilines is 1. The van der Waals surface area contributed by atoms with Crippen molar-refractivity contribution in [3.05, 3.63) is 57.6 Å². The van der Waals surface area contributed by atoms with E-state index in [2.05, 4.69) is 15.2 Å². The summed E-state index contributed by atoms with van der Waals surface area (Å²) in [7, 11) is 0. The summed E-state index contributed by atoms with van der Waals surface area (Å²) in [6.45, 7) is 7.23. The third kappa shape index (κ3) is 5.61. The molecule has 0 aliphatic carbocycles. The standard InChI is InChI=1S/C25H27ClFN5O3/c1-15-13-31(5-6-32(15)25(34)23-4-3-7-35-23)14-18-8-19(26)10-21(16(18)2)30-24(33)17-9-20(27)22(11-28)29-12-17/h8-10,12,15,23H,3-7,13-14H2,1-2H3,(H,30,33). The van der Waals surface area contributed by atoms with Gasteiger partial charge in [-0.15, -0.1) is 0 Å². The van der Waals surface area contributed by atoms with Gasteiger partial charge in [-0.3, -0.25) is 14.5 Å². The van der Waals surface area contributed by atoms with Crippen LogP contribution in [0, 0.1) is 24.1 Å². The Morgan fingerprint density at radius 3 is 2.80 bits per heavy atom. The van der Waals surface area contributed by atoms with Crippen LogP contribution in [-0.4, -0.2) is 65.0 Å². The molecule has 2 atom stereocenters. The van der Waals surface area contributed by atoms with Crippen LogP contribution in [0.2, 0.25) is 5.02 Å². The molecule has 8 nitrogen and oxygen atoms in total. The predicted octanol–water partition coefficient (Wildman–Crippen LogP) is 3.52. The van der Waals surface area contributed by atoms with Crippen LogP contribution in [0.3, 0.4) is 0 Å². The number of rotatable bonds is 5. The van der Waals surface area contributed by atoms with Gasteiger partial charge in [0, 0.05) is 55.7 Å². The number of piperazine rings is 1. The zero-order chi connectivity index (χ0) is 25.1.